The van der Waals surface area contributed by atoms with Crippen molar-refractivity contribution in [1.82, 2.24) is 9.97 Å². The smallest absolute Gasteiger partial charge is 0.159 e. The molecule has 3 aromatic rings. The molecule has 0 amide bonds. The largest absolute Gasteiger partial charge is 0.393 e. The van der Waals surface area contributed by atoms with Gasteiger partial charge in [0.15, 0.2) is 11.6 Å². The molecule has 1 aromatic heterocycles. The van der Waals surface area contributed by atoms with Crippen LogP contribution in [0.3, 0.4) is 0 Å². The fourth-order valence-corrected chi connectivity index (χ4v) is 2.49. The molecule has 0 bridgehead atoms. The van der Waals surface area contributed by atoms with Crippen molar-refractivity contribution in [2.45, 2.75) is 6.92 Å². The summed E-state index contributed by atoms with van der Waals surface area (Å²) < 4.78 is 14.6. The number of nitrogens with zero attached hydrogens (tertiary/aromatic N) is 2. The Morgan fingerprint density at radius 2 is 1.67 bits per heavy atom. The van der Waals surface area contributed by atoms with E-state index < -0.39 is 5.82 Å². The van der Waals surface area contributed by atoms with Crippen molar-refractivity contribution in [3.8, 4) is 0 Å². The molecule has 4 N–H and O–H groups in total. The Kier molecular flexibility index (Phi) is 4.61. The number of nitrogens with two attached hydrogens (primary N) is 1. The Morgan fingerprint density at radius 3 is 2.33 bits per heavy atom. The molecule has 3 rings (SSSR count). The van der Waals surface area contributed by atoms with Crippen LogP contribution in [-0.4, -0.2) is 9.97 Å². The van der Waals surface area contributed by atoms with Gasteiger partial charge in [-0.15, -0.1) is 0 Å². The molecule has 2 aromatic carbocycles. The number of aromatic nitrogens is 2. The summed E-state index contributed by atoms with van der Waals surface area (Å²) in [5.41, 5.74) is 8.67. The van der Waals surface area contributed by atoms with E-state index in [0.717, 1.165) is 11.3 Å². The molecule has 0 aliphatic rings. The minimum atomic E-state index is -0.407. The maximum atomic E-state index is 14.0. The Balaban J connectivity index is 1.89. The fraction of sp³-hybridized carbons (Fsp3) is 0.0588. The molecule has 5 nitrogen and oxygen atoms in total. The van der Waals surface area contributed by atoms with Gasteiger partial charge in [-0.3, -0.25) is 0 Å². The molecule has 7 heteroatoms. The van der Waals surface area contributed by atoms with Gasteiger partial charge in [-0.25, -0.2) is 14.4 Å². The third-order valence-electron chi connectivity index (χ3n) is 3.47. The van der Waals surface area contributed by atoms with E-state index in [1.165, 1.54) is 12.4 Å². The summed E-state index contributed by atoms with van der Waals surface area (Å²) in [5, 5.41) is 6.07. The molecular weight excluding hydrogens is 373 g/mol. The van der Waals surface area contributed by atoms with Gasteiger partial charge in [-0.2, -0.15) is 0 Å². The van der Waals surface area contributed by atoms with Gasteiger partial charge >= 0.3 is 0 Å². The van der Waals surface area contributed by atoms with Crippen LogP contribution in [0.25, 0.3) is 0 Å². The second-order valence-electron chi connectivity index (χ2n) is 5.17. The third-order valence-corrected chi connectivity index (χ3v) is 3.96. The monoisotopic (exact) mass is 387 g/mol. The lowest BCUT2D eigenvalue weighted by Crippen LogP contribution is -2.06. The summed E-state index contributed by atoms with van der Waals surface area (Å²) in [6.45, 7) is 1.98. The molecule has 0 spiro atoms. The van der Waals surface area contributed by atoms with E-state index in [-0.39, 0.29) is 5.69 Å². The van der Waals surface area contributed by atoms with Gasteiger partial charge in [0, 0.05) is 10.2 Å². The average Bonchev–Trinajstić information content (AvgIpc) is 2.55. The van der Waals surface area contributed by atoms with Gasteiger partial charge in [0.25, 0.3) is 0 Å². The van der Waals surface area contributed by atoms with Crippen LogP contribution in [0.2, 0.25) is 0 Å². The standard InChI is InChI=1S/C17H15BrFN5/c1-10-4-2-3-5-13(10)23-16-15(20)17(22-9-21-16)24-14-7-6-11(18)8-12(14)19/h2-9H,20H2,1H3,(H2,21,22,23,24). The number of anilines is 5. The number of nitrogens with one attached hydrogen (secondary N) is 2. The van der Waals surface area contributed by atoms with Crippen molar-refractivity contribution >= 4 is 44.6 Å². The van der Waals surface area contributed by atoms with Crippen LogP contribution in [-0.2, 0) is 0 Å². The number of aryl methyl sites for hydroxylation is 1. The number of benzene rings is 2. The maximum Gasteiger partial charge on any atom is 0.159 e. The highest BCUT2D eigenvalue weighted by Crippen LogP contribution is 2.30. The molecule has 1 heterocycles. The Hall–Kier alpha value is -2.67. The fourth-order valence-electron chi connectivity index (χ4n) is 2.15. The number of para-hydroxylation sites is 1. The summed E-state index contributed by atoms with van der Waals surface area (Å²) in [6.07, 6.45) is 1.37. The summed E-state index contributed by atoms with van der Waals surface area (Å²) in [7, 11) is 0. The molecule has 0 saturated heterocycles. The zero-order valence-corrected chi connectivity index (χ0v) is 14.4. The predicted octanol–water partition coefficient (Wildman–Crippen LogP) is 4.76. The van der Waals surface area contributed by atoms with Crippen molar-refractivity contribution in [2.75, 3.05) is 16.4 Å². The topological polar surface area (TPSA) is 75.9 Å². The number of hydrogen-bond donors (Lipinski definition) is 3. The van der Waals surface area contributed by atoms with Crippen molar-refractivity contribution < 1.29 is 4.39 Å². The molecule has 0 aliphatic carbocycles. The van der Waals surface area contributed by atoms with Crippen molar-refractivity contribution in [3.05, 3.63) is 64.6 Å². The average molecular weight is 388 g/mol. The zero-order valence-electron chi connectivity index (χ0n) is 12.8. The normalized spacial score (nSPS) is 10.5. The molecule has 0 saturated carbocycles. The molecule has 24 heavy (non-hydrogen) atoms. The Bertz CT molecular complexity index is 885. The molecular formula is C17H15BrFN5. The summed E-state index contributed by atoms with van der Waals surface area (Å²) in [4.78, 5) is 8.26. The summed E-state index contributed by atoms with van der Waals surface area (Å²) in [5.74, 6) is 0.387. The van der Waals surface area contributed by atoms with Gasteiger partial charge < -0.3 is 16.4 Å². The van der Waals surface area contributed by atoms with Crippen LogP contribution in [0.4, 0.5) is 33.1 Å². The van der Waals surface area contributed by atoms with Crippen molar-refractivity contribution in [2.24, 2.45) is 0 Å². The minimum absolute atomic E-state index is 0.283. The van der Waals surface area contributed by atoms with E-state index in [1.807, 2.05) is 31.2 Å². The highest BCUT2D eigenvalue weighted by Gasteiger charge is 2.11. The van der Waals surface area contributed by atoms with E-state index in [4.69, 9.17) is 5.73 Å². The second kappa shape index (κ2) is 6.84. The molecule has 122 valence electrons. The first-order chi connectivity index (χ1) is 11.5. The van der Waals surface area contributed by atoms with Crippen LogP contribution >= 0.6 is 15.9 Å². The number of nitrogen functional groups attached to an aromatic ring is 1. The minimum Gasteiger partial charge on any atom is -0.393 e. The lowest BCUT2D eigenvalue weighted by Gasteiger charge is -2.14. The maximum absolute atomic E-state index is 14.0. The molecule has 0 atom stereocenters. The van der Waals surface area contributed by atoms with E-state index >= 15 is 0 Å². The van der Waals surface area contributed by atoms with Crippen LogP contribution in [0.1, 0.15) is 5.56 Å². The van der Waals surface area contributed by atoms with Crippen LogP contribution in [0.15, 0.2) is 53.3 Å². The van der Waals surface area contributed by atoms with Gasteiger partial charge in [0.1, 0.15) is 17.8 Å². The molecule has 0 unspecified atom stereocenters. The highest BCUT2D eigenvalue weighted by atomic mass is 79.9. The van der Waals surface area contributed by atoms with E-state index in [2.05, 4.69) is 36.5 Å². The molecule has 0 aliphatic heterocycles. The van der Waals surface area contributed by atoms with Gasteiger partial charge in [0.2, 0.25) is 0 Å². The van der Waals surface area contributed by atoms with E-state index in [1.54, 1.807) is 12.1 Å². The third kappa shape index (κ3) is 3.46. The summed E-state index contributed by atoms with van der Waals surface area (Å²) in [6, 6.07) is 12.5. The van der Waals surface area contributed by atoms with Crippen molar-refractivity contribution in [1.29, 1.82) is 0 Å². The van der Waals surface area contributed by atoms with Gasteiger partial charge in [-0.1, -0.05) is 34.1 Å². The first-order valence-electron chi connectivity index (χ1n) is 7.20. The molecule has 0 radical (unpaired) electrons. The summed E-state index contributed by atoms with van der Waals surface area (Å²) >= 11 is 3.22. The Morgan fingerprint density at radius 1 is 1.00 bits per heavy atom. The zero-order chi connectivity index (χ0) is 17.1. The van der Waals surface area contributed by atoms with Gasteiger partial charge in [-0.05, 0) is 36.8 Å². The van der Waals surface area contributed by atoms with E-state index in [0.29, 0.717) is 21.8 Å². The van der Waals surface area contributed by atoms with Crippen LogP contribution in [0.5, 0.6) is 0 Å². The number of rotatable bonds is 4. The first kappa shape index (κ1) is 16.2. The van der Waals surface area contributed by atoms with E-state index in [9.17, 15) is 4.39 Å². The van der Waals surface area contributed by atoms with Crippen LogP contribution < -0.4 is 16.4 Å². The molecule has 0 fully saturated rings. The van der Waals surface area contributed by atoms with Crippen LogP contribution in [0, 0.1) is 12.7 Å². The lowest BCUT2D eigenvalue weighted by molar-refractivity contribution is 0.631. The highest BCUT2D eigenvalue weighted by molar-refractivity contribution is 9.10. The number of halogens is 2. The Labute approximate surface area is 147 Å². The predicted molar refractivity (Wildman–Crippen MR) is 98.3 cm³/mol. The second-order valence-corrected chi connectivity index (χ2v) is 6.09. The van der Waals surface area contributed by atoms with Gasteiger partial charge in [0.05, 0.1) is 5.69 Å². The lowest BCUT2D eigenvalue weighted by atomic mass is 10.2. The SMILES string of the molecule is Cc1ccccc1Nc1ncnc(Nc2ccc(Br)cc2F)c1N. The number of hydrogen-bond acceptors (Lipinski definition) is 5. The first-order valence-corrected chi connectivity index (χ1v) is 7.99. The van der Waals surface area contributed by atoms with Crippen molar-refractivity contribution in [3.63, 3.8) is 0 Å². The quantitative estimate of drug-likeness (QED) is 0.601.